The highest BCUT2D eigenvalue weighted by Crippen LogP contribution is 2.28. The van der Waals surface area contributed by atoms with Gasteiger partial charge in [0.2, 0.25) is 0 Å². The Balaban J connectivity index is 2.59. The van der Waals surface area contributed by atoms with Crippen molar-refractivity contribution in [1.29, 1.82) is 0 Å². The maximum atomic E-state index is 9.63. The van der Waals surface area contributed by atoms with Crippen LogP contribution in [0.5, 0.6) is 0 Å². The first kappa shape index (κ1) is 9.55. The molecule has 1 aromatic rings. The third-order valence-corrected chi connectivity index (χ3v) is 2.47. The molecule has 0 radical (unpaired) electrons. The number of nitrogens with zero attached hydrogens (tertiary/aromatic N) is 1. The summed E-state index contributed by atoms with van der Waals surface area (Å²) in [7, 11) is 0. The van der Waals surface area contributed by atoms with Crippen molar-refractivity contribution in [1.82, 2.24) is 4.98 Å². The summed E-state index contributed by atoms with van der Waals surface area (Å²) in [6.45, 7) is 4.13. The molecule has 0 fully saturated rings. The van der Waals surface area contributed by atoms with Gasteiger partial charge >= 0.3 is 0 Å². The van der Waals surface area contributed by atoms with Gasteiger partial charge in [0.15, 0.2) is 0 Å². The zero-order valence-electron chi connectivity index (χ0n) is 7.27. The van der Waals surface area contributed by atoms with Gasteiger partial charge in [-0.05, 0) is 17.7 Å². The van der Waals surface area contributed by atoms with Crippen LogP contribution in [0, 0.1) is 0 Å². The van der Waals surface area contributed by atoms with Crippen molar-refractivity contribution in [2.45, 2.75) is 24.5 Å². The molecular weight excluding hydrogens is 170 g/mol. The Kier molecular flexibility index (Phi) is 3.56. The molecule has 1 rings (SSSR count). The standard InChI is InChI=1S/C9H13NOS/c1-7(2)12-9(11)8-3-5-10-6-4-8/h3-7,9,11H,1-2H3. The van der Waals surface area contributed by atoms with Crippen molar-refractivity contribution in [3.05, 3.63) is 30.1 Å². The highest BCUT2D eigenvalue weighted by atomic mass is 32.2. The van der Waals surface area contributed by atoms with E-state index in [1.54, 1.807) is 12.4 Å². The molecule has 0 bridgehead atoms. The lowest BCUT2D eigenvalue weighted by Crippen LogP contribution is -1.97. The van der Waals surface area contributed by atoms with Crippen LogP contribution in [-0.4, -0.2) is 15.3 Å². The second-order valence-electron chi connectivity index (χ2n) is 2.82. The minimum absolute atomic E-state index is 0.423. The molecule has 12 heavy (non-hydrogen) atoms. The molecule has 0 saturated carbocycles. The predicted molar refractivity (Wildman–Crippen MR) is 51.9 cm³/mol. The van der Waals surface area contributed by atoms with E-state index in [2.05, 4.69) is 18.8 Å². The summed E-state index contributed by atoms with van der Waals surface area (Å²) in [4.78, 5) is 3.89. The molecule has 0 spiro atoms. The summed E-state index contributed by atoms with van der Waals surface area (Å²) in [5, 5.41) is 10.1. The molecule has 1 aromatic heterocycles. The minimum atomic E-state index is -0.423. The van der Waals surface area contributed by atoms with Crippen LogP contribution >= 0.6 is 11.8 Å². The van der Waals surface area contributed by atoms with Gasteiger partial charge in [-0.1, -0.05) is 13.8 Å². The summed E-state index contributed by atoms with van der Waals surface area (Å²) in [6, 6.07) is 3.67. The lowest BCUT2D eigenvalue weighted by atomic mass is 10.3. The van der Waals surface area contributed by atoms with Crippen molar-refractivity contribution < 1.29 is 5.11 Å². The van der Waals surface area contributed by atoms with E-state index in [4.69, 9.17) is 0 Å². The van der Waals surface area contributed by atoms with Gasteiger partial charge in [-0.25, -0.2) is 0 Å². The largest absolute Gasteiger partial charge is 0.378 e. The zero-order chi connectivity index (χ0) is 8.97. The van der Waals surface area contributed by atoms with Gasteiger partial charge in [-0.2, -0.15) is 0 Å². The summed E-state index contributed by atoms with van der Waals surface area (Å²) in [5.41, 5.74) is 0.497. The summed E-state index contributed by atoms with van der Waals surface area (Å²) < 4.78 is 0. The number of thioether (sulfide) groups is 1. The van der Waals surface area contributed by atoms with Crippen molar-refractivity contribution >= 4 is 11.8 Å². The maximum Gasteiger partial charge on any atom is 0.125 e. The van der Waals surface area contributed by atoms with Crippen LogP contribution in [0.15, 0.2) is 24.5 Å². The molecule has 0 aliphatic rings. The third kappa shape index (κ3) is 2.83. The van der Waals surface area contributed by atoms with Crippen molar-refractivity contribution in [2.24, 2.45) is 0 Å². The van der Waals surface area contributed by atoms with Crippen LogP contribution in [0.25, 0.3) is 0 Å². The van der Waals surface area contributed by atoms with Crippen LogP contribution in [-0.2, 0) is 0 Å². The number of hydrogen-bond donors (Lipinski definition) is 1. The molecule has 3 heteroatoms. The van der Waals surface area contributed by atoms with Crippen LogP contribution in [0.4, 0.5) is 0 Å². The third-order valence-electron chi connectivity index (χ3n) is 1.39. The Labute approximate surface area is 77.0 Å². The highest BCUT2D eigenvalue weighted by Gasteiger charge is 2.08. The SMILES string of the molecule is CC(C)SC(O)c1ccncc1. The molecule has 0 aromatic carbocycles. The van der Waals surface area contributed by atoms with Gasteiger partial charge in [-0.3, -0.25) is 4.98 Å². The van der Waals surface area contributed by atoms with E-state index in [1.807, 2.05) is 12.1 Å². The van der Waals surface area contributed by atoms with E-state index in [1.165, 1.54) is 11.8 Å². The van der Waals surface area contributed by atoms with Gasteiger partial charge in [0.25, 0.3) is 0 Å². The lowest BCUT2D eigenvalue weighted by molar-refractivity contribution is 0.269. The summed E-state index contributed by atoms with van der Waals surface area (Å²) >= 11 is 1.54. The van der Waals surface area contributed by atoms with Gasteiger partial charge in [0, 0.05) is 17.6 Å². The Morgan fingerprint density at radius 2 is 1.92 bits per heavy atom. The molecule has 0 aliphatic carbocycles. The molecule has 1 N–H and O–H groups in total. The summed E-state index contributed by atoms with van der Waals surface area (Å²) in [6.07, 6.45) is 3.39. The Morgan fingerprint density at radius 1 is 1.33 bits per heavy atom. The molecule has 1 unspecified atom stereocenters. The average Bonchev–Trinajstić information content (AvgIpc) is 2.05. The van der Waals surface area contributed by atoms with Crippen molar-refractivity contribution in [3.63, 3.8) is 0 Å². The van der Waals surface area contributed by atoms with Gasteiger partial charge in [0.1, 0.15) is 5.44 Å². The van der Waals surface area contributed by atoms with Gasteiger partial charge in [0.05, 0.1) is 0 Å². The molecule has 0 aliphatic heterocycles. The lowest BCUT2D eigenvalue weighted by Gasteiger charge is -2.12. The Hall–Kier alpha value is -0.540. The number of pyridine rings is 1. The predicted octanol–water partition coefficient (Wildman–Crippen LogP) is 2.21. The average molecular weight is 183 g/mol. The monoisotopic (exact) mass is 183 g/mol. The number of aromatic nitrogens is 1. The normalized spacial score (nSPS) is 13.3. The second-order valence-corrected chi connectivity index (χ2v) is 4.48. The van der Waals surface area contributed by atoms with Crippen LogP contribution < -0.4 is 0 Å². The van der Waals surface area contributed by atoms with E-state index in [0.29, 0.717) is 5.25 Å². The van der Waals surface area contributed by atoms with Crippen LogP contribution in [0.2, 0.25) is 0 Å². The number of hydrogen-bond acceptors (Lipinski definition) is 3. The van der Waals surface area contributed by atoms with E-state index in [9.17, 15) is 5.11 Å². The van der Waals surface area contributed by atoms with E-state index in [0.717, 1.165) is 5.56 Å². The second kappa shape index (κ2) is 4.48. The van der Waals surface area contributed by atoms with E-state index < -0.39 is 5.44 Å². The quantitative estimate of drug-likeness (QED) is 0.729. The fourth-order valence-corrected chi connectivity index (χ4v) is 1.69. The fraction of sp³-hybridized carbons (Fsp3) is 0.444. The molecule has 0 saturated heterocycles. The Morgan fingerprint density at radius 3 is 2.42 bits per heavy atom. The Bertz CT molecular complexity index is 225. The molecule has 1 heterocycles. The first-order valence-corrected chi connectivity index (χ1v) is 4.88. The molecular formula is C9H13NOS. The smallest absolute Gasteiger partial charge is 0.125 e. The highest BCUT2D eigenvalue weighted by molar-refractivity contribution is 7.99. The number of aliphatic hydroxyl groups is 1. The van der Waals surface area contributed by atoms with Crippen LogP contribution in [0.3, 0.4) is 0 Å². The first-order chi connectivity index (χ1) is 5.70. The van der Waals surface area contributed by atoms with E-state index in [-0.39, 0.29) is 0 Å². The molecule has 1 atom stereocenters. The van der Waals surface area contributed by atoms with Gasteiger partial charge < -0.3 is 5.11 Å². The number of rotatable bonds is 3. The first-order valence-electron chi connectivity index (χ1n) is 3.93. The molecule has 2 nitrogen and oxygen atoms in total. The summed E-state index contributed by atoms with van der Waals surface area (Å²) in [5.74, 6) is 0. The number of aliphatic hydroxyl groups excluding tert-OH is 1. The topological polar surface area (TPSA) is 33.1 Å². The van der Waals surface area contributed by atoms with Crippen molar-refractivity contribution in [2.75, 3.05) is 0 Å². The van der Waals surface area contributed by atoms with Crippen LogP contribution in [0.1, 0.15) is 24.8 Å². The zero-order valence-corrected chi connectivity index (χ0v) is 8.08. The van der Waals surface area contributed by atoms with Gasteiger partial charge in [-0.15, -0.1) is 11.8 Å². The molecule has 66 valence electrons. The fourth-order valence-electron chi connectivity index (χ4n) is 0.864. The van der Waals surface area contributed by atoms with Crippen molar-refractivity contribution in [3.8, 4) is 0 Å². The molecule has 0 amide bonds. The van der Waals surface area contributed by atoms with E-state index >= 15 is 0 Å². The maximum absolute atomic E-state index is 9.63. The minimum Gasteiger partial charge on any atom is -0.378 e.